The number of carbonyl (C=O) groups excluding carboxylic acids is 1. The molecule has 1 aromatic heterocycles. The first kappa shape index (κ1) is 13.6. The van der Waals surface area contributed by atoms with E-state index in [2.05, 4.69) is 9.46 Å². The Morgan fingerprint density at radius 2 is 2.11 bits per heavy atom. The summed E-state index contributed by atoms with van der Waals surface area (Å²) in [5, 5.41) is 2.31. The van der Waals surface area contributed by atoms with Gasteiger partial charge < -0.3 is 4.74 Å². The van der Waals surface area contributed by atoms with Crippen LogP contribution >= 0.6 is 11.3 Å². The van der Waals surface area contributed by atoms with Crippen LogP contribution in [0.1, 0.15) is 10.4 Å². The molecule has 0 saturated carbocycles. The molecule has 0 fully saturated rings. The minimum atomic E-state index is -2.71. The molecule has 0 bridgehead atoms. The Kier molecular flexibility index (Phi) is 4.18. The van der Waals surface area contributed by atoms with E-state index in [9.17, 15) is 13.2 Å². The van der Waals surface area contributed by atoms with Crippen molar-refractivity contribution < 1.29 is 17.9 Å². The van der Waals surface area contributed by atoms with Crippen LogP contribution in [0.2, 0.25) is 0 Å². The average molecular weight is 297 g/mol. The highest BCUT2D eigenvalue weighted by Gasteiger charge is 2.10. The fourth-order valence-corrected chi connectivity index (χ4v) is 3.01. The minimum absolute atomic E-state index is 0.420. The first-order valence-corrected chi connectivity index (χ1v) is 7.35. The molecule has 0 amide bonds. The normalized spacial score (nSPS) is 10.4. The van der Waals surface area contributed by atoms with Crippen LogP contribution in [0.3, 0.4) is 0 Å². The molecule has 100 valence electrons. The highest BCUT2D eigenvalue weighted by molar-refractivity contribution is 7.74. The largest absolute Gasteiger partial charge is 0.465 e. The number of hydrogen-bond donors (Lipinski definition) is 2. The maximum Gasteiger partial charge on any atom is 0.337 e. The van der Waals surface area contributed by atoms with Crippen molar-refractivity contribution in [1.82, 2.24) is 0 Å². The van der Waals surface area contributed by atoms with Gasteiger partial charge in [0.15, 0.2) is 0 Å². The molecule has 2 aromatic rings. The molecule has 1 aromatic carbocycles. The Balaban J connectivity index is 2.42. The lowest BCUT2D eigenvalue weighted by atomic mass is 10.1. The number of methoxy groups -OCH3 is 1. The fourth-order valence-electron chi connectivity index (χ4n) is 1.64. The zero-order valence-electron chi connectivity index (χ0n) is 9.95. The Morgan fingerprint density at radius 3 is 2.79 bits per heavy atom. The van der Waals surface area contributed by atoms with Crippen LogP contribution in [0, 0.1) is 0 Å². The van der Waals surface area contributed by atoms with E-state index >= 15 is 0 Å². The number of anilines is 1. The number of ether oxygens (including phenoxy) is 1. The van der Waals surface area contributed by atoms with Crippen molar-refractivity contribution in [1.29, 1.82) is 0 Å². The molecular formula is C12H11NO4S2. The van der Waals surface area contributed by atoms with Crippen molar-refractivity contribution in [3.05, 3.63) is 41.3 Å². The molecule has 1 N–H and O–H groups in total. The molecule has 1 heterocycles. The van der Waals surface area contributed by atoms with Crippen LogP contribution in [-0.4, -0.2) is 21.5 Å². The lowest BCUT2D eigenvalue weighted by Gasteiger charge is -2.05. The molecule has 0 saturated heterocycles. The number of thiophene rings is 1. The molecule has 2 rings (SSSR count). The summed E-state index contributed by atoms with van der Waals surface area (Å²) < 4.78 is 28.5. The smallest absolute Gasteiger partial charge is 0.337 e. The molecule has 0 aliphatic carbocycles. The van der Waals surface area contributed by atoms with Crippen molar-refractivity contribution in [2.75, 3.05) is 11.8 Å². The van der Waals surface area contributed by atoms with E-state index in [4.69, 9.17) is 0 Å². The van der Waals surface area contributed by atoms with Crippen molar-refractivity contribution in [3.8, 4) is 11.1 Å². The van der Waals surface area contributed by atoms with Crippen molar-refractivity contribution in [2.24, 2.45) is 0 Å². The van der Waals surface area contributed by atoms with Gasteiger partial charge in [0.05, 0.1) is 12.7 Å². The molecular weight excluding hydrogens is 286 g/mol. The number of carbonyl (C=O) groups is 1. The molecule has 0 spiro atoms. The van der Waals surface area contributed by atoms with Gasteiger partial charge in [0, 0.05) is 5.56 Å². The summed E-state index contributed by atoms with van der Waals surface area (Å²) >= 11 is 1.28. The van der Waals surface area contributed by atoms with Crippen LogP contribution < -0.4 is 4.72 Å². The Bertz CT molecular complexity index is 668. The maximum atomic E-state index is 11.5. The second-order valence-electron chi connectivity index (χ2n) is 3.60. The average Bonchev–Trinajstić information content (AvgIpc) is 2.85. The summed E-state index contributed by atoms with van der Waals surface area (Å²) in [5.74, 6) is -0.429. The molecule has 19 heavy (non-hydrogen) atoms. The monoisotopic (exact) mass is 297 g/mol. The summed E-state index contributed by atoms with van der Waals surface area (Å²) in [7, 11) is -1.40. The van der Waals surface area contributed by atoms with Gasteiger partial charge in [-0.3, -0.25) is 4.72 Å². The van der Waals surface area contributed by atoms with Crippen molar-refractivity contribution in [3.63, 3.8) is 0 Å². The van der Waals surface area contributed by atoms with Crippen LogP contribution in [0.15, 0.2) is 35.7 Å². The Hall–Kier alpha value is -1.86. The molecule has 0 aliphatic rings. The van der Waals surface area contributed by atoms with Gasteiger partial charge in [-0.05, 0) is 29.1 Å². The number of rotatable bonds is 4. The third kappa shape index (κ3) is 3.12. The Labute approximate surface area is 115 Å². The lowest BCUT2D eigenvalue weighted by molar-refractivity contribution is 0.0601. The minimum Gasteiger partial charge on any atom is -0.465 e. The van der Waals surface area contributed by atoms with E-state index in [-0.39, 0.29) is 0 Å². The van der Waals surface area contributed by atoms with Gasteiger partial charge in [-0.2, -0.15) is 0 Å². The quantitative estimate of drug-likeness (QED) is 0.670. The van der Waals surface area contributed by atoms with Gasteiger partial charge >= 0.3 is 5.97 Å². The lowest BCUT2D eigenvalue weighted by Crippen LogP contribution is -2.01. The van der Waals surface area contributed by atoms with E-state index in [0.29, 0.717) is 10.6 Å². The summed E-state index contributed by atoms with van der Waals surface area (Å²) in [5.41, 5.74) is 1.90. The van der Waals surface area contributed by atoms with Gasteiger partial charge in [0.25, 0.3) is 0 Å². The SMILES string of the molecule is COC(=O)c1cccc(-c2ccsc2N[SH](=O)=O)c1. The standard InChI is InChI=1S/C12H11NO4S2/c1-17-12(14)9-4-2-3-8(7-9)10-5-6-18-11(10)13-19(15)16/h2-7,19H,1H3,(H,13,15,16). The fraction of sp³-hybridized carbons (Fsp3) is 0.0833. The van der Waals surface area contributed by atoms with E-state index in [0.717, 1.165) is 11.1 Å². The first-order valence-electron chi connectivity index (χ1n) is 5.29. The van der Waals surface area contributed by atoms with Gasteiger partial charge in [0.2, 0.25) is 10.9 Å². The predicted octanol–water partition coefficient (Wildman–Crippen LogP) is 2.14. The molecule has 5 nitrogen and oxygen atoms in total. The maximum absolute atomic E-state index is 11.5. The summed E-state index contributed by atoms with van der Waals surface area (Å²) in [6, 6.07) is 8.62. The molecule has 0 unspecified atom stereocenters. The predicted molar refractivity (Wildman–Crippen MR) is 75.0 cm³/mol. The van der Waals surface area contributed by atoms with E-state index in [1.807, 2.05) is 0 Å². The number of esters is 1. The van der Waals surface area contributed by atoms with Gasteiger partial charge in [-0.1, -0.05) is 12.1 Å². The molecule has 0 atom stereocenters. The number of benzene rings is 1. The summed E-state index contributed by atoms with van der Waals surface area (Å²) in [6.45, 7) is 0. The van der Waals surface area contributed by atoms with Crippen molar-refractivity contribution in [2.45, 2.75) is 0 Å². The zero-order chi connectivity index (χ0) is 13.8. The number of hydrogen-bond acceptors (Lipinski definition) is 5. The highest BCUT2D eigenvalue weighted by atomic mass is 32.2. The number of nitrogens with one attached hydrogen (secondary N) is 1. The Morgan fingerprint density at radius 1 is 1.32 bits per heavy atom. The van der Waals surface area contributed by atoms with Crippen molar-refractivity contribution >= 4 is 33.2 Å². The van der Waals surface area contributed by atoms with Crippen LogP contribution in [0.4, 0.5) is 5.00 Å². The van der Waals surface area contributed by atoms with Crippen LogP contribution in [0.5, 0.6) is 0 Å². The van der Waals surface area contributed by atoms with Crippen LogP contribution in [0.25, 0.3) is 11.1 Å². The molecule has 7 heteroatoms. The van der Waals surface area contributed by atoms with Crippen LogP contribution in [-0.2, 0) is 15.6 Å². The highest BCUT2D eigenvalue weighted by Crippen LogP contribution is 2.33. The third-order valence-corrected chi connectivity index (χ3v) is 3.84. The van der Waals surface area contributed by atoms with E-state index < -0.39 is 16.9 Å². The van der Waals surface area contributed by atoms with E-state index in [1.54, 1.807) is 35.7 Å². The third-order valence-electron chi connectivity index (χ3n) is 2.45. The van der Waals surface area contributed by atoms with Gasteiger partial charge in [0.1, 0.15) is 5.00 Å². The number of thiol groups is 1. The molecule has 0 radical (unpaired) electrons. The first-order chi connectivity index (χ1) is 9.11. The summed E-state index contributed by atoms with van der Waals surface area (Å²) in [6.07, 6.45) is 0. The molecule has 0 aliphatic heterocycles. The summed E-state index contributed by atoms with van der Waals surface area (Å²) in [4.78, 5) is 11.5. The zero-order valence-corrected chi connectivity index (χ0v) is 11.7. The van der Waals surface area contributed by atoms with Gasteiger partial charge in [-0.15, -0.1) is 11.3 Å². The van der Waals surface area contributed by atoms with Gasteiger partial charge in [-0.25, -0.2) is 13.2 Å². The second-order valence-corrected chi connectivity index (χ2v) is 5.26. The topological polar surface area (TPSA) is 72.5 Å². The second kappa shape index (κ2) is 5.85. The van der Waals surface area contributed by atoms with E-state index in [1.165, 1.54) is 18.4 Å².